The van der Waals surface area contributed by atoms with Crippen LogP contribution in [-0.2, 0) is 21.7 Å². The van der Waals surface area contributed by atoms with Crippen molar-refractivity contribution in [3.8, 4) is 0 Å². The molecule has 0 atom stereocenters. The van der Waals surface area contributed by atoms with Crippen LogP contribution in [0.5, 0.6) is 0 Å². The van der Waals surface area contributed by atoms with E-state index >= 15 is 0 Å². The molecule has 0 saturated heterocycles. The molecule has 6 nitrogen and oxygen atoms in total. The third kappa shape index (κ3) is 11.9. The summed E-state index contributed by atoms with van der Waals surface area (Å²) in [5.41, 5.74) is 0.993. The Bertz CT molecular complexity index is 927. The first-order valence-electron chi connectivity index (χ1n) is 11.5. The van der Waals surface area contributed by atoms with E-state index < -0.39 is 17.9 Å². The van der Waals surface area contributed by atoms with Gasteiger partial charge in [-0.05, 0) is 66.0 Å². The molecule has 0 heterocycles. The molecule has 3 aromatic carbocycles. The van der Waals surface area contributed by atoms with Gasteiger partial charge in [0.25, 0.3) is 0 Å². The van der Waals surface area contributed by atoms with Crippen molar-refractivity contribution in [1.29, 1.82) is 0 Å². The van der Waals surface area contributed by atoms with E-state index in [-0.39, 0.29) is 21.7 Å². The number of carboxylic acids is 3. The van der Waals surface area contributed by atoms with Crippen LogP contribution < -0.4 is 0 Å². The minimum Gasteiger partial charge on any atom is -0.478 e. The van der Waals surface area contributed by atoms with Crippen molar-refractivity contribution in [1.82, 2.24) is 0 Å². The molecule has 5 radical (unpaired) electrons. The second-order valence-electron chi connectivity index (χ2n) is 8.14. The first-order valence-corrected chi connectivity index (χ1v) is 11.5. The van der Waals surface area contributed by atoms with Gasteiger partial charge < -0.3 is 15.3 Å². The molecule has 38 heavy (non-hydrogen) atoms. The molecule has 1 aliphatic carbocycles. The Morgan fingerprint density at radius 1 is 0.395 bits per heavy atom. The Morgan fingerprint density at radius 2 is 0.553 bits per heavy atom. The van der Waals surface area contributed by atoms with Crippen LogP contribution in [0, 0.1) is 29.6 Å². The molecular weight excluding hydrogens is 516 g/mol. The van der Waals surface area contributed by atoms with E-state index in [2.05, 4.69) is 34.6 Å². The molecule has 0 aromatic heterocycles. The summed E-state index contributed by atoms with van der Waals surface area (Å²) in [6.45, 7) is 11.0. The summed E-state index contributed by atoms with van der Waals surface area (Å²) >= 11 is 0. The minimum absolute atomic E-state index is 0. The van der Waals surface area contributed by atoms with Crippen molar-refractivity contribution in [2.45, 2.75) is 34.6 Å². The van der Waals surface area contributed by atoms with Gasteiger partial charge in [0.1, 0.15) is 0 Å². The monoisotopic (exact) mass is 549 g/mol. The van der Waals surface area contributed by atoms with Crippen molar-refractivity contribution in [3.05, 3.63) is 137 Å². The fraction of sp³-hybridized carbons (Fsp3) is 0.161. The number of rotatable bonds is 3. The predicted molar refractivity (Wildman–Crippen MR) is 145 cm³/mol. The molecule has 1 aliphatic rings. The van der Waals surface area contributed by atoms with E-state index in [1.807, 2.05) is 0 Å². The Kier molecular flexibility index (Phi) is 16.6. The number of hydrogen-bond donors (Lipinski definition) is 3. The zero-order valence-electron chi connectivity index (χ0n) is 22.2. The predicted octanol–water partition coefficient (Wildman–Crippen LogP) is 7.12. The second-order valence-corrected chi connectivity index (χ2v) is 8.14. The SMILES string of the molecule is C[C]1[C](C)[C](C)[C](C)[C]1C.O=C(O)c1ccccc1.O=C(O)c1ccccc1.O=C(O)c1ccccc1.[Ti]. The fourth-order valence-electron chi connectivity index (χ4n) is 3.15. The van der Waals surface area contributed by atoms with E-state index in [1.165, 1.54) is 29.6 Å². The van der Waals surface area contributed by atoms with Crippen molar-refractivity contribution in [2.75, 3.05) is 0 Å². The molecule has 0 aliphatic heterocycles. The molecule has 3 N–H and O–H groups in total. The standard InChI is InChI=1S/C10H15.3C7H6O2.Ti/c1-6-7(2)9(4)10(5)8(6)3;3*8-7(9)6-4-2-1-3-5-6;/h1-5H3;3*1-5H,(H,8,9);. The van der Waals surface area contributed by atoms with Crippen LogP contribution in [0.25, 0.3) is 0 Å². The van der Waals surface area contributed by atoms with Gasteiger partial charge in [-0.1, -0.05) is 89.2 Å². The summed E-state index contributed by atoms with van der Waals surface area (Å²) in [5, 5.41) is 25.2. The number of benzene rings is 3. The fourth-order valence-corrected chi connectivity index (χ4v) is 3.15. The maximum Gasteiger partial charge on any atom is 0.335 e. The third-order valence-corrected chi connectivity index (χ3v) is 5.87. The zero-order chi connectivity index (χ0) is 28.0. The van der Waals surface area contributed by atoms with Crippen molar-refractivity contribution >= 4 is 17.9 Å². The molecule has 197 valence electrons. The largest absolute Gasteiger partial charge is 0.478 e. The van der Waals surface area contributed by atoms with Crippen LogP contribution in [0.1, 0.15) is 65.7 Å². The van der Waals surface area contributed by atoms with Gasteiger partial charge in [0, 0.05) is 21.7 Å². The zero-order valence-corrected chi connectivity index (χ0v) is 23.8. The van der Waals surface area contributed by atoms with Crippen LogP contribution in [-0.4, -0.2) is 33.2 Å². The minimum atomic E-state index is -0.879. The average molecular weight is 549 g/mol. The quantitative estimate of drug-likeness (QED) is 0.300. The van der Waals surface area contributed by atoms with Crippen molar-refractivity contribution < 1.29 is 51.4 Å². The van der Waals surface area contributed by atoms with Crippen LogP contribution in [0.3, 0.4) is 0 Å². The number of carbonyl (C=O) groups is 3. The Labute approximate surface area is 240 Å². The molecule has 0 spiro atoms. The van der Waals surface area contributed by atoms with Crippen molar-refractivity contribution in [3.63, 3.8) is 0 Å². The van der Waals surface area contributed by atoms with Gasteiger partial charge in [0.05, 0.1) is 16.7 Å². The third-order valence-electron chi connectivity index (χ3n) is 5.87. The van der Waals surface area contributed by atoms with Gasteiger partial charge in [0.15, 0.2) is 0 Å². The Morgan fingerprint density at radius 3 is 0.658 bits per heavy atom. The van der Waals surface area contributed by atoms with Crippen LogP contribution >= 0.6 is 0 Å². The molecule has 0 unspecified atom stereocenters. The van der Waals surface area contributed by atoms with E-state index in [0.717, 1.165) is 0 Å². The van der Waals surface area contributed by atoms with E-state index in [9.17, 15) is 14.4 Å². The molecular formula is C31H33O6Ti. The van der Waals surface area contributed by atoms with Crippen LogP contribution in [0.2, 0.25) is 0 Å². The van der Waals surface area contributed by atoms with Gasteiger partial charge in [0.2, 0.25) is 0 Å². The van der Waals surface area contributed by atoms with E-state index in [0.29, 0.717) is 16.7 Å². The summed E-state index contributed by atoms with van der Waals surface area (Å²) in [6.07, 6.45) is 0. The van der Waals surface area contributed by atoms with Gasteiger partial charge in [-0.25, -0.2) is 14.4 Å². The first kappa shape index (κ1) is 34.8. The normalized spacial score (nSPS) is 13.8. The van der Waals surface area contributed by atoms with Gasteiger partial charge >= 0.3 is 17.9 Å². The summed E-state index contributed by atoms with van der Waals surface area (Å²) in [5.74, 6) is 4.70. The first-order chi connectivity index (χ1) is 17.5. The number of carboxylic acid groups (broad SMARTS) is 3. The van der Waals surface area contributed by atoms with Crippen molar-refractivity contribution in [2.24, 2.45) is 0 Å². The number of hydrogen-bond acceptors (Lipinski definition) is 3. The molecule has 0 amide bonds. The Hall–Kier alpha value is -3.22. The summed E-state index contributed by atoms with van der Waals surface area (Å²) in [4.78, 5) is 30.6. The van der Waals surface area contributed by atoms with Crippen LogP contribution in [0.15, 0.2) is 91.0 Å². The van der Waals surface area contributed by atoms with Gasteiger partial charge in [-0.2, -0.15) is 0 Å². The Balaban J connectivity index is 0.000000477. The summed E-state index contributed by atoms with van der Waals surface area (Å²) in [7, 11) is 0. The topological polar surface area (TPSA) is 112 Å². The maximum absolute atomic E-state index is 10.2. The summed E-state index contributed by atoms with van der Waals surface area (Å²) < 4.78 is 0. The van der Waals surface area contributed by atoms with E-state index in [4.69, 9.17) is 15.3 Å². The maximum atomic E-state index is 10.2. The van der Waals surface area contributed by atoms with E-state index in [1.54, 1.807) is 91.0 Å². The van der Waals surface area contributed by atoms with Crippen LogP contribution in [0.4, 0.5) is 0 Å². The molecule has 7 heteroatoms. The van der Waals surface area contributed by atoms with Gasteiger partial charge in [-0.3, -0.25) is 0 Å². The summed E-state index contributed by atoms with van der Waals surface area (Å²) in [6, 6.07) is 24.9. The molecule has 1 fully saturated rings. The molecule has 3 aromatic rings. The molecule has 4 rings (SSSR count). The molecule has 0 bridgehead atoms. The molecule has 1 saturated carbocycles. The smallest absolute Gasteiger partial charge is 0.335 e. The average Bonchev–Trinajstić information content (AvgIpc) is 3.08. The second kappa shape index (κ2) is 18.1. The van der Waals surface area contributed by atoms with Gasteiger partial charge in [-0.15, -0.1) is 0 Å². The number of aromatic carboxylic acids is 3.